The lowest BCUT2D eigenvalue weighted by Gasteiger charge is -2.08. The molecule has 0 bridgehead atoms. The Kier molecular flexibility index (Phi) is 4.50. The molecule has 21 heavy (non-hydrogen) atoms. The molecule has 0 aliphatic heterocycles. The third-order valence-corrected chi connectivity index (χ3v) is 2.61. The molecule has 0 radical (unpaired) electrons. The number of hydrogen-bond donors (Lipinski definition) is 1. The third-order valence-electron chi connectivity index (χ3n) is 2.61. The fourth-order valence-corrected chi connectivity index (χ4v) is 1.65. The number of nitrogens with two attached hydrogens (primary N) is 1. The predicted octanol–water partition coefficient (Wildman–Crippen LogP) is 2.15. The topological polar surface area (TPSA) is 91.5 Å². The zero-order chi connectivity index (χ0) is 15.2. The highest BCUT2D eigenvalue weighted by Crippen LogP contribution is 2.23. The van der Waals surface area contributed by atoms with Gasteiger partial charge in [-0.2, -0.15) is 0 Å². The van der Waals surface area contributed by atoms with Crippen molar-refractivity contribution in [2.24, 2.45) is 5.73 Å². The minimum absolute atomic E-state index is 0.247. The zero-order valence-corrected chi connectivity index (χ0v) is 11.4. The molecule has 1 aromatic heterocycles. The normalized spacial score (nSPS) is 9.95. The van der Waals surface area contributed by atoms with Gasteiger partial charge in [-0.3, -0.25) is 4.79 Å². The highest BCUT2D eigenvalue weighted by Gasteiger charge is 2.11. The number of amides is 1. The molecule has 2 N–H and O–H groups in total. The van der Waals surface area contributed by atoms with E-state index in [0.29, 0.717) is 17.9 Å². The third kappa shape index (κ3) is 3.56. The first-order valence-corrected chi connectivity index (χ1v) is 6.31. The molecular weight excluding hydrogens is 272 g/mol. The number of aromatic nitrogens is 1. The van der Waals surface area contributed by atoms with E-state index in [1.165, 1.54) is 18.3 Å². The van der Waals surface area contributed by atoms with Gasteiger partial charge in [-0.15, -0.1) is 0 Å². The zero-order valence-electron chi connectivity index (χ0n) is 11.4. The van der Waals surface area contributed by atoms with Gasteiger partial charge in [0.1, 0.15) is 5.75 Å². The van der Waals surface area contributed by atoms with Gasteiger partial charge < -0.3 is 15.2 Å². The Hall–Kier alpha value is -2.89. The van der Waals surface area contributed by atoms with Crippen molar-refractivity contribution >= 4 is 11.9 Å². The monoisotopic (exact) mass is 286 g/mol. The highest BCUT2D eigenvalue weighted by molar-refractivity contribution is 5.95. The smallest absolute Gasteiger partial charge is 0.339 e. The summed E-state index contributed by atoms with van der Waals surface area (Å²) >= 11 is 0. The number of hydrogen-bond acceptors (Lipinski definition) is 5. The van der Waals surface area contributed by atoms with Crippen LogP contribution in [0.5, 0.6) is 11.6 Å². The van der Waals surface area contributed by atoms with Crippen molar-refractivity contribution in [2.45, 2.75) is 6.92 Å². The number of nitrogens with zero attached hydrogens (tertiary/aromatic N) is 1. The number of rotatable bonds is 5. The van der Waals surface area contributed by atoms with Crippen molar-refractivity contribution in [1.29, 1.82) is 0 Å². The second-order valence-electron chi connectivity index (χ2n) is 4.07. The Labute approximate surface area is 121 Å². The molecule has 0 saturated carbocycles. The van der Waals surface area contributed by atoms with E-state index in [9.17, 15) is 9.59 Å². The van der Waals surface area contributed by atoms with Crippen LogP contribution in [0.15, 0.2) is 42.6 Å². The van der Waals surface area contributed by atoms with Gasteiger partial charge in [0, 0.05) is 12.3 Å². The maximum Gasteiger partial charge on any atom is 0.339 e. The molecule has 6 heteroatoms. The average molecular weight is 286 g/mol. The molecule has 6 nitrogen and oxygen atoms in total. The fourth-order valence-electron chi connectivity index (χ4n) is 1.65. The SMILES string of the molecule is CCOC(=O)c1ccc(Oc2ccccc2C(N)=O)nc1. The number of esters is 1. The summed E-state index contributed by atoms with van der Waals surface area (Å²) in [4.78, 5) is 26.8. The number of para-hydroxylation sites is 1. The Balaban J connectivity index is 2.18. The Morgan fingerprint density at radius 1 is 1.19 bits per heavy atom. The van der Waals surface area contributed by atoms with Crippen molar-refractivity contribution in [2.75, 3.05) is 6.61 Å². The molecular formula is C15H14N2O4. The largest absolute Gasteiger partial charge is 0.462 e. The molecule has 0 spiro atoms. The predicted molar refractivity (Wildman–Crippen MR) is 75.2 cm³/mol. The van der Waals surface area contributed by atoms with Gasteiger partial charge in [0.05, 0.1) is 17.7 Å². The van der Waals surface area contributed by atoms with Crippen LogP contribution in [0.2, 0.25) is 0 Å². The lowest BCUT2D eigenvalue weighted by molar-refractivity contribution is 0.0525. The van der Waals surface area contributed by atoms with Gasteiger partial charge in [-0.25, -0.2) is 9.78 Å². The lowest BCUT2D eigenvalue weighted by atomic mass is 10.2. The van der Waals surface area contributed by atoms with Crippen LogP contribution in [0, 0.1) is 0 Å². The summed E-state index contributed by atoms with van der Waals surface area (Å²) in [6.07, 6.45) is 1.35. The average Bonchev–Trinajstić information content (AvgIpc) is 2.48. The van der Waals surface area contributed by atoms with E-state index in [1.54, 1.807) is 31.2 Å². The summed E-state index contributed by atoms with van der Waals surface area (Å²) in [6.45, 7) is 2.02. The van der Waals surface area contributed by atoms with Gasteiger partial charge in [-0.1, -0.05) is 12.1 Å². The molecule has 108 valence electrons. The molecule has 0 fully saturated rings. The molecule has 2 rings (SSSR count). The molecule has 1 aromatic carbocycles. The maximum atomic E-state index is 11.5. The Morgan fingerprint density at radius 2 is 1.95 bits per heavy atom. The van der Waals surface area contributed by atoms with Gasteiger partial charge in [-0.05, 0) is 25.1 Å². The van der Waals surface area contributed by atoms with Crippen LogP contribution in [-0.2, 0) is 4.74 Å². The summed E-state index contributed by atoms with van der Waals surface area (Å²) in [7, 11) is 0. The van der Waals surface area contributed by atoms with Crippen molar-refractivity contribution in [3.63, 3.8) is 0 Å². The first-order chi connectivity index (χ1) is 10.1. The first kappa shape index (κ1) is 14.5. The van der Waals surface area contributed by atoms with Crippen LogP contribution in [-0.4, -0.2) is 23.5 Å². The van der Waals surface area contributed by atoms with E-state index >= 15 is 0 Å². The van der Waals surface area contributed by atoms with E-state index in [0.717, 1.165) is 0 Å². The summed E-state index contributed by atoms with van der Waals surface area (Å²) in [5, 5.41) is 0. The van der Waals surface area contributed by atoms with Gasteiger partial charge in [0.25, 0.3) is 5.91 Å². The van der Waals surface area contributed by atoms with Crippen molar-refractivity contribution < 1.29 is 19.1 Å². The highest BCUT2D eigenvalue weighted by atomic mass is 16.5. The van der Waals surface area contributed by atoms with E-state index in [1.807, 2.05) is 0 Å². The molecule has 0 aliphatic rings. The number of carbonyl (C=O) groups excluding carboxylic acids is 2. The summed E-state index contributed by atoms with van der Waals surface area (Å²) in [6, 6.07) is 9.63. The maximum absolute atomic E-state index is 11.5. The van der Waals surface area contributed by atoms with Gasteiger partial charge >= 0.3 is 5.97 Å². The summed E-state index contributed by atoms with van der Waals surface area (Å²) < 4.78 is 10.4. The quantitative estimate of drug-likeness (QED) is 0.850. The molecule has 0 aliphatic carbocycles. The minimum atomic E-state index is -0.589. The number of ether oxygens (including phenoxy) is 2. The van der Waals surface area contributed by atoms with Crippen LogP contribution in [0.25, 0.3) is 0 Å². The van der Waals surface area contributed by atoms with Gasteiger partial charge in [0.2, 0.25) is 5.88 Å². The first-order valence-electron chi connectivity index (χ1n) is 6.31. The van der Waals surface area contributed by atoms with Crippen LogP contribution in [0.4, 0.5) is 0 Å². The van der Waals surface area contributed by atoms with Crippen LogP contribution in [0.3, 0.4) is 0 Å². The van der Waals surface area contributed by atoms with E-state index in [4.69, 9.17) is 15.2 Å². The van der Waals surface area contributed by atoms with Crippen molar-refractivity contribution in [3.8, 4) is 11.6 Å². The van der Waals surface area contributed by atoms with Crippen LogP contribution in [0.1, 0.15) is 27.6 Å². The summed E-state index contributed by atoms with van der Waals surface area (Å²) in [5.74, 6) is -0.485. The van der Waals surface area contributed by atoms with Crippen molar-refractivity contribution in [1.82, 2.24) is 4.98 Å². The Morgan fingerprint density at radius 3 is 2.57 bits per heavy atom. The Bertz CT molecular complexity index is 653. The van der Waals surface area contributed by atoms with E-state index < -0.39 is 11.9 Å². The van der Waals surface area contributed by atoms with E-state index in [-0.39, 0.29) is 11.4 Å². The summed E-state index contributed by atoms with van der Waals surface area (Å²) in [5.41, 5.74) is 5.85. The number of carbonyl (C=O) groups is 2. The van der Waals surface area contributed by atoms with Crippen molar-refractivity contribution in [3.05, 3.63) is 53.7 Å². The van der Waals surface area contributed by atoms with Gasteiger partial charge in [0.15, 0.2) is 0 Å². The lowest BCUT2D eigenvalue weighted by Crippen LogP contribution is -2.12. The van der Waals surface area contributed by atoms with Crippen LogP contribution < -0.4 is 10.5 Å². The second kappa shape index (κ2) is 6.51. The molecule has 1 heterocycles. The number of pyridine rings is 1. The minimum Gasteiger partial charge on any atom is -0.462 e. The number of benzene rings is 1. The molecule has 0 unspecified atom stereocenters. The standard InChI is InChI=1S/C15H14N2O4/c1-2-20-15(19)10-7-8-13(17-9-10)21-12-6-4-3-5-11(12)14(16)18/h3-9H,2H2,1H3,(H2,16,18). The van der Waals surface area contributed by atoms with E-state index in [2.05, 4.69) is 4.98 Å². The molecule has 0 saturated heterocycles. The number of primary amides is 1. The van der Waals surface area contributed by atoms with Crippen LogP contribution >= 0.6 is 0 Å². The second-order valence-corrected chi connectivity index (χ2v) is 4.07. The fraction of sp³-hybridized carbons (Fsp3) is 0.133. The molecule has 0 atom stereocenters. The molecule has 2 aromatic rings. The molecule has 1 amide bonds.